The Morgan fingerprint density at radius 2 is 2.39 bits per heavy atom. The summed E-state index contributed by atoms with van der Waals surface area (Å²) >= 11 is 0. The van der Waals surface area contributed by atoms with Gasteiger partial charge in [-0.05, 0) is 31.7 Å². The normalized spacial score (nSPS) is 20.4. The molecule has 1 atom stereocenters. The number of nitrogens with one attached hydrogen (secondary N) is 1. The van der Waals surface area contributed by atoms with Crippen molar-refractivity contribution in [1.29, 1.82) is 5.26 Å². The minimum Gasteiger partial charge on any atom is -0.382 e. The van der Waals surface area contributed by atoms with Crippen molar-refractivity contribution in [2.45, 2.75) is 13.0 Å². The number of morpholine rings is 1. The van der Waals surface area contributed by atoms with Gasteiger partial charge in [-0.25, -0.2) is 0 Å². The second-order valence-electron chi connectivity index (χ2n) is 4.78. The summed E-state index contributed by atoms with van der Waals surface area (Å²) in [6, 6.07) is 7.86. The molecule has 0 aromatic heterocycles. The predicted molar refractivity (Wildman–Crippen MR) is 71.6 cm³/mol. The summed E-state index contributed by atoms with van der Waals surface area (Å²) in [4.78, 5) is 2.27. The fourth-order valence-electron chi connectivity index (χ4n) is 2.10. The van der Waals surface area contributed by atoms with Crippen LogP contribution in [0.5, 0.6) is 0 Å². The van der Waals surface area contributed by atoms with E-state index in [0.717, 1.165) is 37.5 Å². The maximum Gasteiger partial charge on any atom is 0.0992 e. The first kappa shape index (κ1) is 12.9. The number of likely N-dealkylation sites (N-methyl/N-ethyl adjacent to an activating group) is 1. The molecule has 0 spiro atoms. The Morgan fingerprint density at radius 1 is 1.56 bits per heavy atom. The van der Waals surface area contributed by atoms with Gasteiger partial charge in [0.2, 0.25) is 0 Å². The number of anilines is 1. The Kier molecular flexibility index (Phi) is 4.19. The van der Waals surface area contributed by atoms with Crippen molar-refractivity contribution in [3.8, 4) is 6.07 Å². The van der Waals surface area contributed by atoms with Gasteiger partial charge in [0.05, 0.1) is 24.3 Å². The molecule has 1 aliphatic heterocycles. The maximum absolute atomic E-state index is 8.90. The molecular weight excluding hydrogens is 226 g/mol. The van der Waals surface area contributed by atoms with Crippen LogP contribution in [0.3, 0.4) is 0 Å². The molecule has 0 radical (unpaired) electrons. The molecule has 18 heavy (non-hydrogen) atoms. The highest BCUT2D eigenvalue weighted by Gasteiger charge is 2.17. The zero-order valence-electron chi connectivity index (χ0n) is 10.9. The smallest absolute Gasteiger partial charge is 0.0992 e. The van der Waals surface area contributed by atoms with Gasteiger partial charge in [0, 0.05) is 25.3 Å². The zero-order valence-corrected chi connectivity index (χ0v) is 10.9. The zero-order chi connectivity index (χ0) is 13.0. The van der Waals surface area contributed by atoms with Crippen LogP contribution in [0.2, 0.25) is 0 Å². The summed E-state index contributed by atoms with van der Waals surface area (Å²) < 4.78 is 5.70. The first-order valence-corrected chi connectivity index (χ1v) is 6.24. The molecule has 4 nitrogen and oxygen atoms in total. The minimum atomic E-state index is 0.217. The van der Waals surface area contributed by atoms with Crippen LogP contribution in [-0.2, 0) is 4.74 Å². The molecule has 1 saturated heterocycles. The molecule has 1 aliphatic rings. The minimum absolute atomic E-state index is 0.217. The van der Waals surface area contributed by atoms with E-state index in [1.54, 1.807) is 0 Å². The molecular formula is C14H19N3O. The first-order chi connectivity index (χ1) is 8.69. The van der Waals surface area contributed by atoms with Crippen LogP contribution in [0, 0.1) is 18.3 Å². The van der Waals surface area contributed by atoms with Crippen LogP contribution in [0.4, 0.5) is 5.69 Å². The third kappa shape index (κ3) is 3.22. The van der Waals surface area contributed by atoms with E-state index in [9.17, 15) is 0 Å². The van der Waals surface area contributed by atoms with E-state index < -0.39 is 0 Å². The Labute approximate surface area is 108 Å². The average molecular weight is 245 g/mol. The number of ether oxygens (including phenoxy) is 1. The second-order valence-corrected chi connectivity index (χ2v) is 4.78. The lowest BCUT2D eigenvalue weighted by molar-refractivity contribution is -0.0117. The third-order valence-electron chi connectivity index (χ3n) is 3.23. The molecule has 1 aromatic rings. The molecule has 0 bridgehead atoms. The summed E-state index contributed by atoms with van der Waals surface area (Å²) in [7, 11) is 2.11. The number of nitrogens with zero attached hydrogens (tertiary/aromatic N) is 2. The number of hydrogen-bond acceptors (Lipinski definition) is 4. The predicted octanol–water partition coefficient (Wildman–Crippen LogP) is 1.61. The number of rotatable bonds is 3. The summed E-state index contributed by atoms with van der Waals surface area (Å²) in [5.74, 6) is 0. The number of benzene rings is 1. The maximum atomic E-state index is 8.90. The van der Waals surface area contributed by atoms with Gasteiger partial charge in [0.1, 0.15) is 0 Å². The van der Waals surface area contributed by atoms with Crippen molar-refractivity contribution >= 4 is 5.69 Å². The van der Waals surface area contributed by atoms with E-state index >= 15 is 0 Å². The SMILES string of the molecule is Cc1ccc(C#N)cc1NCC1CN(C)CCO1. The fraction of sp³-hybridized carbons (Fsp3) is 0.500. The Bertz CT molecular complexity index is 453. The third-order valence-corrected chi connectivity index (χ3v) is 3.23. The highest BCUT2D eigenvalue weighted by molar-refractivity contribution is 5.55. The van der Waals surface area contributed by atoms with Gasteiger partial charge in [-0.15, -0.1) is 0 Å². The molecule has 2 rings (SSSR count). The van der Waals surface area contributed by atoms with Crippen LogP contribution in [0.25, 0.3) is 0 Å². The summed E-state index contributed by atoms with van der Waals surface area (Å²) in [5, 5.41) is 12.3. The summed E-state index contributed by atoms with van der Waals surface area (Å²) in [5.41, 5.74) is 2.86. The van der Waals surface area contributed by atoms with Crippen molar-refractivity contribution in [2.24, 2.45) is 0 Å². The van der Waals surface area contributed by atoms with E-state index in [-0.39, 0.29) is 6.10 Å². The van der Waals surface area contributed by atoms with Crippen molar-refractivity contribution in [2.75, 3.05) is 38.6 Å². The Hall–Kier alpha value is -1.57. The van der Waals surface area contributed by atoms with E-state index in [1.165, 1.54) is 0 Å². The first-order valence-electron chi connectivity index (χ1n) is 6.24. The van der Waals surface area contributed by atoms with Gasteiger partial charge in [0.25, 0.3) is 0 Å². The second kappa shape index (κ2) is 5.85. The molecule has 1 heterocycles. The number of aryl methyl sites for hydroxylation is 1. The van der Waals surface area contributed by atoms with E-state index in [2.05, 4.69) is 23.3 Å². The van der Waals surface area contributed by atoms with Gasteiger partial charge < -0.3 is 15.0 Å². The summed E-state index contributed by atoms with van der Waals surface area (Å²) in [6.07, 6.45) is 0.217. The van der Waals surface area contributed by atoms with Crippen molar-refractivity contribution in [3.63, 3.8) is 0 Å². The molecule has 0 amide bonds. The van der Waals surface area contributed by atoms with Crippen LogP contribution < -0.4 is 5.32 Å². The fourth-order valence-corrected chi connectivity index (χ4v) is 2.10. The van der Waals surface area contributed by atoms with Gasteiger partial charge in [-0.1, -0.05) is 6.07 Å². The lowest BCUT2D eigenvalue weighted by atomic mass is 10.1. The summed E-state index contributed by atoms with van der Waals surface area (Å²) in [6.45, 7) is 5.56. The number of nitriles is 1. The molecule has 1 N–H and O–H groups in total. The Balaban J connectivity index is 1.95. The van der Waals surface area contributed by atoms with Gasteiger partial charge in [-0.2, -0.15) is 5.26 Å². The largest absolute Gasteiger partial charge is 0.382 e. The van der Waals surface area contributed by atoms with Gasteiger partial charge in [0.15, 0.2) is 0 Å². The molecule has 0 saturated carbocycles. The van der Waals surface area contributed by atoms with Crippen molar-refractivity contribution < 1.29 is 4.74 Å². The molecule has 0 aliphatic carbocycles. The lowest BCUT2D eigenvalue weighted by Crippen LogP contribution is -2.43. The van der Waals surface area contributed by atoms with Gasteiger partial charge >= 0.3 is 0 Å². The molecule has 1 aromatic carbocycles. The monoisotopic (exact) mass is 245 g/mol. The molecule has 96 valence electrons. The highest BCUT2D eigenvalue weighted by atomic mass is 16.5. The standard InChI is InChI=1S/C14H19N3O/c1-11-3-4-12(8-15)7-14(11)16-9-13-10-17(2)5-6-18-13/h3-4,7,13,16H,5-6,9-10H2,1-2H3. The Morgan fingerprint density at radius 3 is 3.11 bits per heavy atom. The number of hydrogen-bond donors (Lipinski definition) is 1. The molecule has 1 fully saturated rings. The van der Waals surface area contributed by atoms with E-state index in [0.29, 0.717) is 5.56 Å². The van der Waals surface area contributed by atoms with Gasteiger partial charge in [-0.3, -0.25) is 0 Å². The van der Waals surface area contributed by atoms with Crippen molar-refractivity contribution in [3.05, 3.63) is 29.3 Å². The van der Waals surface area contributed by atoms with E-state index in [4.69, 9.17) is 10.00 Å². The average Bonchev–Trinajstić information content (AvgIpc) is 2.38. The quantitative estimate of drug-likeness (QED) is 0.879. The van der Waals surface area contributed by atoms with E-state index in [1.807, 2.05) is 25.1 Å². The van der Waals surface area contributed by atoms with Crippen LogP contribution in [0.15, 0.2) is 18.2 Å². The molecule has 4 heteroatoms. The van der Waals surface area contributed by atoms with Crippen LogP contribution >= 0.6 is 0 Å². The topological polar surface area (TPSA) is 48.3 Å². The highest BCUT2D eigenvalue weighted by Crippen LogP contribution is 2.17. The van der Waals surface area contributed by atoms with Crippen LogP contribution in [0.1, 0.15) is 11.1 Å². The molecule has 1 unspecified atom stereocenters. The van der Waals surface area contributed by atoms with Crippen molar-refractivity contribution in [1.82, 2.24) is 4.90 Å². The lowest BCUT2D eigenvalue weighted by Gasteiger charge is -2.30. The van der Waals surface area contributed by atoms with Crippen LogP contribution in [-0.4, -0.2) is 44.3 Å².